The molecule has 6 heteroatoms. The van der Waals surface area contributed by atoms with Gasteiger partial charge in [0.15, 0.2) is 0 Å². The van der Waals surface area contributed by atoms with E-state index >= 15 is 0 Å². The number of aryl methyl sites for hydroxylation is 1. The average molecular weight is 262 g/mol. The van der Waals surface area contributed by atoms with Crippen molar-refractivity contribution in [2.75, 3.05) is 5.32 Å². The van der Waals surface area contributed by atoms with Gasteiger partial charge >= 0.3 is 5.97 Å². The number of nitrogens with one attached hydrogen (secondary N) is 2. The summed E-state index contributed by atoms with van der Waals surface area (Å²) in [5, 5.41) is 14.1. The molecule has 6 nitrogen and oxygen atoms in total. The molecule has 1 atom stereocenters. The van der Waals surface area contributed by atoms with Gasteiger partial charge in [0, 0.05) is 12.1 Å². The van der Waals surface area contributed by atoms with Gasteiger partial charge in [0.25, 0.3) is 0 Å². The number of carbonyl (C=O) groups excluding carboxylic acids is 2. The smallest absolute Gasteiger partial charge is 0.335 e. The van der Waals surface area contributed by atoms with Crippen molar-refractivity contribution >= 4 is 23.5 Å². The Bertz CT molecular complexity index is 554. The summed E-state index contributed by atoms with van der Waals surface area (Å²) >= 11 is 0. The Morgan fingerprint density at radius 1 is 1.42 bits per heavy atom. The summed E-state index contributed by atoms with van der Waals surface area (Å²) in [5.41, 5.74) is 1.32. The SMILES string of the molecule is Cc1ccc(C(=O)O)cc1NC(=O)[C@H]1CCC(=O)N1. The van der Waals surface area contributed by atoms with Crippen molar-refractivity contribution in [2.45, 2.75) is 25.8 Å². The number of aromatic carboxylic acids is 1. The zero-order chi connectivity index (χ0) is 14.0. The number of carboxylic acids is 1. The van der Waals surface area contributed by atoms with E-state index in [4.69, 9.17) is 5.11 Å². The molecule has 2 amide bonds. The number of carboxylic acid groups (broad SMARTS) is 1. The van der Waals surface area contributed by atoms with E-state index < -0.39 is 12.0 Å². The lowest BCUT2D eigenvalue weighted by Gasteiger charge is -2.13. The molecule has 0 aromatic heterocycles. The van der Waals surface area contributed by atoms with Crippen LogP contribution in [0.2, 0.25) is 0 Å². The topological polar surface area (TPSA) is 95.5 Å². The van der Waals surface area contributed by atoms with Crippen molar-refractivity contribution in [2.24, 2.45) is 0 Å². The lowest BCUT2D eigenvalue weighted by molar-refractivity contribution is -0.122. The van der Waals surface area contributed by atoms with Crippen LogP contribution in [0.25, 0.3) is 0 Å². The number of hydrogen-bond donors (Lipinski definition) is 3. The lowest BCUT2D eigenvalue weighted by atomic mass is 10.1. The van der Waals surface area contributed by atoms with Crippen LogP contribution in [0.15, 0.2) is 18.2 Å². The molecule has 1 heterocycles. The molecule has 0 spiro atoms. The van der Waals surface area contributed by atoms with Crippen molar-refractivity contribution < 1.29 is 19.5 Å². The van der Waals surface area contributed by atoms with E-state index in [0.717, 1.165) is 5.56 Å². The molecule has 1 fully saturated rings. The summed E-state index contributed by atoms with van der Waals surface area (Å²) in [7, 11) is 0. The summed E-state index contributed by atoms with van der Waals surface area (Å²) in [6.45, 7) is 1.77. The third-order valence-electron chi connectivity index (χ3n) is 3.05. The quantitative estimate of drug-likeness (QED) is 0.754. The molecule has 1 saturated heterocycles. The fourth-order valence-electron chi connectivity index (χ4n) is 1.92. The maximum absolute atomic E-state index is 11.9. The molecule has 1 aromatic carbocycles. The summed E-state index contributed by atoms with van der Waals surface area (Å²) < 4.78 is 0. The minimum atomic E-state index is -1.05. The number of hydrogen-bond acceptors (Lipinski definition) is 3. The van der Waals surface area contributed by atoms with Crippen LogP contribution >= 0.6 is 0 Å². The van der Waals surface area contributed by atoms with E-state index in [1.165, 1.54) is 12.1 Å². The predicted molar refractivity (Wildman–Crippen MR) is 67.9 cm³/mol. The second-order valence-electron chi connectivity index (χ2n) is 4.48. The molecule has 19 heavy (non-hydrogen) atoms. The molecule has 3 N–H and O–H groups in total. The maximum Gasteiger partial charge on any atom is 0.335 e. The third-order valence-corrected chi connectivity index (χ3v) is 3.05. The molecule has 0 radical (unpaired) electrons. The van der Waals surface area contributed by atoms with Gasteiger partial charge in [-0.15, -0.1) is 0 Å². The Balaban J connectivity index is 2.14. The Morgan fingerprint density at radius 3 is 2.74 bits per heavy atom. The van der Waals surface area contributed by atoms with Crippen LogP contribution < -0.4 is 10.6 Å². The van der Waals surface area contributed by atoms with Gasteiger partial charge in [-0.05, 0) is 31.0 Å². The molecule has 1 aliphatic rings. The number of rotatable bonds is 3. The number of amides is 2. The van der Waals surface area contributed by atoms with Gasteiger partial charge in [-0.3, -0.25) is 9.59 Å². The molecule has 1 aromatic rings. The molecule has 0 saturated carbocycles. The molecule has 0 bridgehead atoms. The lowest BCUT2D eigenvalue weighted by Crippen LogP contribution is -2.37. The normalized spacial score (nSPS) is 17.9. The third kappa shape index (κ3) is 2.90. The fourth-order valence-corrected chi connectivity index (χ4v) is 1.92. The highest BCUT2D eigenvalue weighted by Gasteiger charge is 2.27. The fraction of sp³-hybridized carbons (Fsp3) is 0.308. The van der Waals surface area contributed by atoms with E-state index in [1.807, 2.05) is 0 Å². The first-order valence-corrected chi connectivity index (χ1v) is 5.91. The molecule has 0 unspecified atom stereocenters. The predicted octanol–water partition coefficient (Wildman–Crippen LogP) is 0.910. The van der Waals surface area contributed by atoms with Crippen molar-refractivity contribution in [3.8, 4) is 0 Å². The van der Waals surface area contributed by atoms with Crippen LogP contribution in [0.5, 0.6) is 0 Å². The van der Waals surface area contributed by atoms with E-state index in [2.05, 4.69) is 10.6 Å². The first kappa shape index (κ1) is 13.1. The summed E-state index contributed by atoms with van der Waals surface area (Å²) in [6, 6.07) is 3.98. The van der Waals surface area contributed by atoms with Crippen molar-refractivity contribution in [1.29, 1.82) is 0 Å². The number of carbonyl (C=O) groups is 3. The van der Waals surface area contributed by atoms with Gasteiger partial charge < -0.3 is 15.7 Å². The largest absolute Gasteiger partial charge is 0.478 e. The van der Waals surface area contributed by atoms with Crippen molar-refractivity contribution in [3.63, 3.8) is 0 Å². The van der Waals surface area contributed by atoms with Gasteiger partial charge in [-0.1, -0.05) is 6.07 Å². The van der Waals surface area contributed by atoms with Crippen LogP contribution in [0.3, 0.4) is 0 Å². The monoisotopic (exact) mass is 262 g/mol. The Hall–Kier alpha value is -2.37. The van der Waals surface area contributed by atoms with Gasteiger partial charge in [0.1, 0.15) is 6.04 Å². The van der Waals surface area contributed by atoms with E-state index in [9.17, 15) is 14.4 Å². The second-order valence-corrected chi connectivity index (χ2v) is 4.48. The first-order valence-electron chi connectivity index (χ1n) is 5.91. The number of benzene rings is 1. The summed E-state index contributed by atoms with van der Waals surface area (Å²) in [6.07, 6.45) is 0.800. The average Bonchev–Trinajstić information content (AvgIpc) is 2.78. The van der Waals surface area contributed by atoms with Crippen LogP contribution in [0.1, 0.15) is 28.8 Å². The first-order chi connectivity index (χ1) is 8.97. The van der Waals surface area contributed by atoms with Crippen molar-refractivity contribution in [1.82, 2.24) is 5.32 Å². The Kier molecular flexibility index (Phi) is 3.50. The molecule has 1 aliphatic heterocycles. The zero-order valence-corrected chi connectivity index (χ0v) is 10.4. The van der Waals surface area contributed by atoms with Gasteiger partial charge in [0.2, 0.25) is 11.8 Å². The van der Waals surface area contributed by atoms with Crippen LogP contribution in [-0.2, 0) is 9.59 Å². The molecular formula is C13H14N2O4. The van der Waals surface area contributed by atoms with Gasteiger partial charge in [0.05, 0.1) is 5.56 Å². The number of anilines is 1. The van der Waals surface area contributed by atoms with E-state index in [-0.39, 0.29) is 17.4 Å². The minimum absolute atomic E-state index is 0.108. The minimum Gasteiger partial charge on any atom is -0.478 e. The van der Waals surface area contributed by atoms with Crippen LogP contribution in [0.4, 0.5) is 5.69 Å². The summed E-state index contributed by atoms with van der Waals surface area (Å²) in [5.74, 6) is -1.52. The summed E-state index contributed by atoms with van der Waals surface area (Å²) in [4.78, 5) is 33.9. The molecule has 2 rings (SSSR count). The highest BCUT2D eigenvalue weighted by molar-refractivity contribution is 6.00. The Morgan fingerprint density at radius 2 is 2.16 bits per heavy atom. The van der Waals surface area contributed by atoms with Gasteiger partial charge in [-0.2, -0.15) is 0 Å². The van der Waals surface area contributed by atoms with E-state index in [1.54, 1.807) is 13.0 Å². The highest BCUT2D eigenvalue weighted by Crippen LogP contribution is 2.18. The van der Waals surface area contributed by atoms with Crippen LogP contribution in [-0.4, -0.2) is 28.9 Å². The molecular weight excluding hydrogens is 248 g/mol. The second kappa shape index (κ2) is 5.09. The van der Waals surface area contributed by atoms with Crippen LogP contribution in [0, 0.1) is 6.92 Å². The standard InChI is InChI=1S/C13H14N2O4/c1-7-2-3-8(13(18)19)6-10(7)15-12(17)9-4-5-11(16)14-9/h2-3,6,9H,4-5H2,1H3,(H,14,16)(H,15,17)(H,18,19)/t9-/m1/s1. The van der Waals surface area contributed by atoms with E-state index in [0.29, 0.717) is 18.5 Å². The zero-order valence-electron chi connectivity index (χ0n) is 10.4. The molecule has 100 valence electrons. The molecule has 0 aliphatic carbocycles. The Labute approximate surface area is 109 Å². The van der Waals surface area contributed by atoms with Crippen molar-refractivity contribution in [3.05, 3.63) is 29.3 Å². The highest BCUT2D eigenvalue weighted by atomic mass is 16.4. The van der Waals surface area contributed by atoms with Gasteiger partial charge in [-0.25, -0.2) is 4.79 Å². The maximum atomic E-state index is 11.9.